The van der Waals surface area contributed by atoms with Crippen LogP contribution in [0.5, 0.6) is 0 Å². The highest BCUT2D eigenvalue weighted by Gasteiger charge is 2.57. The molecule has 4 aromatic rings. The van der Waals surface area contributed by atoms with Crippen LogP contribution in [0.25, 0.3) is 11.1 Å². The smallest absolute Gasteiger partial charge is 0.0503 e. The fourth-order valence-electron chi connectivity index (χ4n) is 6.52. The monoisotopic (exact) mass is 386 g/mol. The summed E-state index contributed by atoms with van der Waals surface area (Å²) in [5.41, 5.74) is 10.2. The molecule has 0 aliphatic heterocycles. The summed E-state index contributed by atoms with van der Waals surface area (Å²) < 4.78 is 0. The first kappa shape index (κ1) is 17.7. The van der Waals surface area contributed by atoms with Crippen LogP contribution in [0.1, 0.15) is 53.5 Å². The molecule has 0 unspecified atom stereocenters. The predicted molar refractivity (Wildman–Crippen MR) is 125 cm³/mol. The van der Waals surface area contributed by atoms with Gasteiger partial charge in [0, 0.05) is 5.92 Å². The summed E-state index contributed by atoms with van der Waals surface area (Å²) in [6.07, 6.45) is 2.39. The highest BCUT2D eigenvalue weighted by Crippen LogP contribution is 2.65. The lowest BCUT2D eigenvalue weighted by Crippen LogP contribution is -2.34. The maximum Gasteiger partial charge on any atom is 0.0503 e. The largest absolute Gasteiger partial charge is 0.0654 e. The first-order valence-corrected chi connectivity index (χ1v) is 11.2. The first-order valence-electron chi connectivity index (χ1n) is 11.2. The van der Waals surface area contributed by atoms with Gasteiger partial charge in [0.15, 0.2) is 0 Å². The molecule has 0 nitrogen and oxygen atoms in total. The van der Waals surface area contributed by atoms with Crippen molar-refractivity contribution < 1.29 is 0 Å². The van der Waals surface area contributed by atoms with E-state index in [9.17, 15) is 0 Å². The van der Waals surface area contributed by atoms with Crippen molar-refractivity contribution in [3.05, 3.63) is 131 Å². The molecule has 0 heterocycles. The van der Waals surface area contributed by atoms with E-state index in [4.69, 9.17) is 0 Å². The van der Waals surface area contributed by atoms with Gasteiger partial charge in [0.2, 0.25) is 0 Å². The second-order valence-electron chi connectivity index (χ2n) is 8.77. The topological polar surface area (TPSA) is 0 Å². The van der Waals surface area contributed by atoms with Gasteiger partial charge in [-0.25, -0.2) is 0 Å². The molecule has 146 valence electrons. The third kappa shape index (κ3) is 2.17. The minimum Gasteiger partial charge on any atom is -0.0654 e. The Balaban J connectivity index is 1.74. The zero-order valence-corrected chi connectivity index (χ0v) is 17.4. The first-order chi connectivity index (χ1) is 14.9. The molecular weight excluding hydrogens is 360 g/mol. The summed E-state index contributed by atoms with van der Waals surface area (Å²) in [6, 6.07) is 38.7. The van der Waals surface area contributed by atoms with E-state index in [1.165, 1.54) is 51.8 Å². The number of fused-ring (bicyclic) bond motifs is 7. The Kier molecular flexibility index (Phi) is 3.96. The summed E-state index contributed by atoms with van der Waals surface area (Å²) in [5, 5.41) is 0. The molecule has 0 radical (unpaired) electrons. The van der Waals surface area contributed by atoms with E-state index in [2.05, 4.69) is 110 Å². The van der Waals surface area contributed by atoms with Crippen LogP contribution in [0.15, 0.2) is 103 Å². The second-order valence-corrected chi connectivity index (χ2v) is 8.77. The number of rotatable bonds is 3. The summed E-state index contributed by atoms with van der Waals surface area (Å²) in [5.74, 6) is 0.925. The Morgan fingerprint density at radius 3 is 1.77 bits per heavy atom. The van der Waals surface area contributed by atoms with Crippen molar-refractivity contribution in [2.75, 3.05) is 0 Å². The van der Waals surface area contributed by atoms with Crippen LogP contribution in [0.4, 0.5) is 0 Å². The Hall–Kier alpha value is -3.12. The van der Waals surface area contributed by atoms with Crippen molar-refractivity contribution in [1.82, 2.24) is 0 Å². The number of hydrogen-bond acceptors (Lipinski definition) is 0. The number of hydrogen-bond donors (Lipinski definition) is 0. The SMILES string of the molecule is CCC[C@H]1[C@H](c2ccccc2)c2ccccc2C12c1ccccc1-c1ccccc12. The highest BCUT2D eigenvalue weighted by atomic mass is 14.6. The molecule has 0 saturated heterocycles. The molecule has 0 bridgehead atoms. The zero-order valence-electron chi connectivity index (χ0n) is 17.4. The van der Waals surface area contributed by atoms with Crippen LogP contribution < -0.4 is 0 Å². The van der Waals surface area contributed by atoms with Crippen molar-refractivity contribution in [2.45, 2.75) is 31.1 Å². The highest BCUT2D eigenvalue weighted by molar-refractivity contribution is 5.85. The van der Waals surface area contributed by atoms with E-state index >= 15 is 0 Å². The fraction of sp³-hybridized carbons (Fsp3) is 0.200. The molecule has 2 aliphatic rings. The van der Waals surface area contributed by atoms with E-state index in [-0.39, 0.29) is 5.41 Å². The lowest BCUT2D eigenvalue weighted by molar-refractivity contribution is 0.351. The predicted octanol–water partition coefficient (Wildman–Crippen LogP) is 7.56. The summed E-state index contributed by atoms with van der Waals surface area (Å²) in [4.78, 5) is 0. The third-order valence-corrected chi connectivity index (χ3v) is 7.43. The van der Waals surface area contributed by atoms with Crippen LogP contribution in [-0.2, 0) is 5.41 Å². The Morgan fingerprint density at radius 2 is 1.13 bits per heavy atom. The van der Waals surface area contributed by atoms with E-state index in [0.717, 1.165) is 0 Å². The van der Waals surface area contributed by atoms with Crippen LogP contribution in [0, 0.1) is 5.92 Å². The molecule has 0 N–H and O–H groups in total. The molecule has 0 heteroatoms. The molecule has 2 aliphatic carbocycles. The molecule has 6 rings (SSSR count). The van der Waals surface area contributed by atoms with E-state index in [0.29, 0.717) is 11.8 Å². The lowest BCUT2D eigenvalue weighted by Gasteiger charge is -2.37. The van der Waals surface area contributed by atoms with Crippen LogP contribution in [-0.4, -0.2) is 0 Å². The Morgan fingerprint density at radius 1 is 0.600 bits per heavy atom. The molecule has 30 heavy (non-hydrogen) atoms. The summed E-state index contributed by atoms with van der Waals surface area (Å²) >= 11 is 0. The number of benzene rings is 4. The van der Waals surface area contributed by atoms with Gasteiger partial charge in [0.05, 0.1) is 5.41 Å². The minimum atomic E-state index is -0.0691. The van der Waals surface area contributed by atoms with Crippen LogP contribution in [0.3, 0.4) is 0 Å². The maximum absolute atomic E-state index is 2.40. The third-order valence-electron chi connectivity index (χ3n) is 7.43. The van der Waals surface area contributed by atoms with Gasteiger partial charge in [0.1, 0.15) is 0 Å². The fourth-order valence-corrected chi connectivity index (χ4v) is 6.52. The van der Waals surface area contributed by atoms with Crippen molar-refractivity contribution in [3.63, 3.8) is 0 Å². The van der Waals surface area contributed by atoms with Crippen LogP contribution in [0.2, 0.25) is 0 Å². The molecule has 0 saturated carbocycles. The van der Waals surface area contributed by atoms with Crippen molar-refractivity contribution >= 4 is 0 Å². The molecular formula is C30H26. The van der Waals surface area contributed by atoms with Gasteiger partial charge in [-0.15, -0.1) is 0 Å². The normalized spacial score (nSPS) is 20.0. The van der Waals surface area contributed by atoms with Gasteiger partial charge in [-0.05, 0) is 51.3 Å². The average molecular weight is 387 g/mol. The van der Waals surface area contributed by atoms with E-state index < -0.39 is 0 Å². The quantitative estimate of drug-likeness (QED) is 0.341. The Bertz CT molecular complexity index is 1170. The van der Waals surface area contributed by atoms with Crippen molar-refractivity contribution in [2.24, 2.45) is 5.92 Å². The molecule has 0 fully saturated rings. The second kappa shape index (κ2) is 6.71. The summed E-state index contributed by atoms with van der Waals surface area (Å²) in [6.45, 7) is 2.34. The summed E-state index contributed by atoms with van der Waals surface area (Å²) in [7, 11) is 0. The van der Waals surface area contributed by atoms with Gasteiger partial charge in [0.25, 0.3) is 0 Å². The molecule has 0 amide bonds. The van der Waals surface area contributed by atoms with E-state index in [1.807, 2.05) is 0 Å². The molecule has 4 aromatic carbocycles. The van der Waals surface area contributed by atoms with Crippen molar-refractivity contribution in [3.8, 4) is 11.1 Å². The van der Waals surface area contributed by atoms with Gasteiger partial charge >= 0.3 is 0 Å². The zero-order chi connectivity index (χ0) is 20.1. The van der Waals surface area contributed by atoms with Gasteiger partial charge in [-0.2, -0.15) is 0 Å². The molecule has 0 aromatic heterocycles. The van der Waals surface area contributed by atoms with Crippen LogP contribution >= 0.6 is 0 Å². The van der Waals surface area contributed by atoms with Gasteiger partial charge < -0.3 is 0 Å². The standard InChI is InChI=1S/C30H26/c1-2-12-28-29(21-13-4-3-5-14-21)24-17-8-11-20-27(24)30(28)25-18-9-6-15-22(25)23-16-7-10-19-26(23)30/h3-11,13-20,28-29H,2,12H2,1H3/t28-,29+/m0/s1. The van der Waals surface area contributed by atoms with Crippen molar-refractivity contribution in [1.29, 1.82) is 0 Å². The van der Waals surface area contributed by atoms with E-state index in [1.54, 1.807) is 0 Å². The Labute approximate surface area is 179 Å². The average Bonchev–Trinajstić information content (AvgIpc) is 3.27. The molecule has 2 atom stereocenters. The van der Waals surface area contributed by atoms with Gasteiger partial charge in [-0.1, -0.05) is 116 Å². The lowest BCUT2D eigenvalue weighted by atomic mass is 9.64. The molecule has 1 spiro atoms. The minimum absolute atomic E-state index is 0.0691. The maximum atomic E-state index is 2.40. The van der Waals surface area contributed by atoms with Gasteiger partial charge in [-0.3, -0.25) is 0 Å².